The van der Waals surface area contributed by atoms with Gasteiger partial charge in [-0.25, -0.2) is 13.1 Å². The van der Waals surface area contributed by atoms with Crippen LogP contribution in [0.15, 0.2) is 21.9 Å². The van der Waals surface area contributed by atoms with Crippen LogP contribution in [0.3, 0.4) is 0 Å². The maximum absolute atomic E-state index is 11.2. The molecule has 92 valence electrons. The number of hydrogen-bond donors (Lipinski definition) is 1. The topological polar surface area (TPSA) is 85.1 Å². The standard InChI is InChI=1S/C9H11N3O3S2/c1-2-17(13,14)10-6-8-11-12-9(15-8)7-4-3-5-16-7/h3-5,10H,2,6H2,1H3. The van der Waals surface area contributed by atoms with Crippen LogP contribution in [0.25, 0.3) is 10.8 Å². The molecule has 0 radical (unpaired) electrons. The van der Waals surface area contributed by atoms with Crippen LogP contribution in [0.5, 0.6) is 0 Å². The average Bonchev–Trinajstić information content (AvgIpc) is 2.97. The smallest absolute Gasteiger partial charge is 0.257 e. The molecule has 8 heteroatoms. The molecular formula is C9H11N3O3S2. The van der Waals surface area contributed by atoms with Crippen LogP contribution in [0.1, 0.15) is 12.8 Å². The van der Waals surface area contributed by atoms with Gasteiger partial charge in [0.2, 0.25) is 15.9 Å². The highest BCUT2D eigenvalue weighted by atomic mass is 32.2. The Morgan fingerprint density at radius 3 is 2.94 bits per heavy atom. The number of nitrogens with one attached hydrogen (secondary N) is 1. The Labute approximate surface area is 103 Å². The van der Waals surface area contributed by atoms with Gasteiger partial charge in [0.05, 0.1) is 17.2 Å². The molecule has 2 rings (SSSR count). The molecule has 6 nitrogen and oxygen atoms in total. The van der Waals surface area contributed by atoms with Crippen molar-refractivity contribution in [2.45, 2.75) is 13.5 Å². The van der Waals surface area contributed by atoms with Crippen molar-refractivity contribution in [2.75, 3.05) is 5.75 Å². The summed E-state index contributed by atoms with van der Waals surface area (Å²) in [7, 11) is -3.24. The predicted molar refractivity (Wildman–Crippen MR) is 63.9 cm³/mol. The third-order valence-electron chi connectivity index (χ3n) is 2.02. The Kier molecular flexibility index (Phi) is 3.55. The molecule has 0 aromatic carbocycles. The van der Waals surface area contributed by atoms with Crippen molar-refractivity contribution >= 4 is 21.4 Å². The van der Waals surface area contributed by atoms with Gasteiger partial charge in [-0.3, -0.25) is 0 Å². The van der Waals surface area contributed by atoms with Gasteiger partial charge < -0.3 is 4.42 Å². The largest absolute Gasteiger partial charge is 0.418 e. The molecule has 2 heterocycles. The summed E-state index contributed by atoms with van der Waals surface area (Å²) in [6.45, 7) is 1.59. The minimum atomic E-state index is -3.24. The number of nitrogens with zero attached hydrogens (tertiary/aromatic N) is 2. The zero-order valence-electron chi connectivity index (χ0n) is 9.08. The SMILES string of the molecule is CCS(=O)(=O)NCc1nnc(-c2cccs2)o1. The average molecular weight is 273 g/mol. The summed E-state index contributed by atoms with van der Waals surface area (Å²) >= 11 is 1.48. The van der Waals surface area contributed by atoms with E-state index in [0.717, 1.165) is 4.88 Å². The van der Waals surface area contributed by atoms with Crippen LogP contribution in [-0.4, -0.2) is 24.4 Å². The molecule has 0 bridgehead atoms. The summed E-state index contributed by atoms with van der Waals surface area (Å²) in [4.78, 5) is 0.863. The molecular weight excluding hydrogens is 262 g/mol. The molecule has 0 atom stereocenters. The van der Waals surface area contributed by atoms with E-state index in [1.165, 1.54) is 11.3 Å². The minimum Gasteiger partial charge on any atom is -0.418 e. The van der Waals surface area contributed by atoms with Crippen LogP contribution in [0.2, 0.25) is 0 Å². The first-order chi connectivity index (χ1) is 8.11. The van der Waals surface area contributed by atoms with Crippen molar-refractivity contribution in [3.05, 3.63) is 23.4 Å². The Morgan fingerprint density at radius 1 is 1.47 bits per heavy atom. The van der Waals surface area contributed by atoms with E-state index >= 15 is 0 Å². The van der Waals surface area contributed by atoms with Crippen LogP contribution in [0.4, 0.5) is 0 Å². The fraction of sp³-hybridized carbons (Fsp3) is 0.333. The Hall–Kier alpha value is -1.25. The first-order valence-electron chi connectivity index (χ1n) is 4.94. The lowest BCUT2D eigenvalue weighted by Gasteiger charge is -1.99. The van der Waals surface area contributed by atoms with E-state index in [1.807, 2.05) is 17.5 Å². The van der Waals surface area contributed by atoms with Crippen molar-refractivity contribution in [2.24, 2.45) is 0 Å². The van der Waals surface area contributed by atoms with Gasteiger partial charge in [0, 0.05) is 0 Å². The monoisotopic (exact) mass is 273 g/mol. The van der Waals surface area contributed by atoms with Crippen molar-refractivity contribution < 1.29 is 12.8 Å². The molecule has 0 saturated heterocycles. The van der Waals surface area contributed by atoms with Crippen molar-refractivity contribution in [1.82, 2.24) is 14.9 Å². The minimum absolute atomic E-state index is 0.0224. The Bertz CT molecular complexity index is 574. The molecule has 2 aromatic heterocycles. The summed E-state index contributed by atoms with van der Waals surface area (Å²) < 4.78 is 30.1. The number of sulfonamides is 1. The lowest BCUT2D eigenvalue weighted by molar-refractivity contribution is 0.495. The zero-order valence-corrected chi connectivity index (χ0v) is 10.7. The normalized spacial score (nSPS) is 11.8. The summed E-state index contributed by atoms with van der Waals surface area (Å²) in [6.07, 6.45) is 0. The van der Waals surface area contributed by atoms with Gasteiger partial charge in [-0.2, -0.15) is 0 Å². The molecule has 0 aliphatic heterocycles. The molecule has 17 heavy (non-hydrogen) atoms. The van der Waals surface area contributed by atoms with Crippen molar-refractivity contribution in [3.8, 4) is 10.8 Å². The van der Waals surface area contributed by atoms with Crippen molar-refractivity contribution in [1.29, 1.82) is 0 Å². The van der Waals surface area contributed by atoms with Gasteiger partial charge in [0.1, 0.15) is 0 Å². The number of thiophene rings is 1. The zero-order chi connectivity index (χ0) is 12.3. The molecule has 0 amide bonds. The van der Waals surface area contributed by atoms with E-state index in [1.54, 1.807) is 6.92 Å². The maximum atomic E-state index is 11.2. The molecule has 0 aliphatic rings. The Balaban J connectivity index is 2.05. The van der Waals surface area contributed by atoms with E-state index in [0.29, 0.717) is 5.89 Å². The summed E-state index contributed by atoms with van der Waals surface area (Å²) in [6, 6.07) is 3.74. The van der Waals surface area contributed by atoms with Gasteiger partial charge >= 0.3 is 0 Å². The quantitative estimate of drug-likeness (QED) is 0.885. The molecule has 2 aromatic rings. The van der Waals surface area contributed by atoms with Gasteiger partial charge in [-0.1, -0.05) is 6.07 Å². The van der Waals surface area contributed by atoms with E-state index in [2.05, 4.69) is 14.9 Å². The van der Waals surface area contributed by atoms with Crippen LogP contribution < -0.4 is 4.72 Å². The third kappa shape index (κ3) is 3.11. The van der Waals surface area contributed by atoms with Crippen LogP contribution in [0, 0.1) is 0 Å². The molecule has 1 N–H and O–H groups in total. The molecule has 0 saturated carbocycles. The van der Waals surface area contributed by atoms with Crippen molar-refractivity contribution in [3.63, 3.8) is 0 Å². The summed E-state index contributed by atoms with van der Waals surface area (Å²) in [5, 5.41) is 9.52. The highest BCUT2D eigenvalue weighted by molar-refractivity contribution is 7.89. The lowest BCUT2D eigenvalue weighted by Crippen LogP contribution is -2.24. The van der Waals surface area contributed by atoms with Gasteiger partial charge in [0.15, 0.2) is 0 Å². The maximum Gasteiger partial charge on any atom is 0.257 e. The van der Waals surface area contributed by atoms with E-state index in [-0.39, 0.29) is 18.2 Å². The number of aromatic nitrogens is 2. The van der Waals surface area contributed by atoms with E-state index in [4.69, 9.17) is 4.42 Å². The third-order valence-corrected chi connectivity index (χ3v) is 4.22. The summed E-state index contributed by atoms with van der Waals surface area (Å²) in [5.74, 6) is 0.690. The second-order valence-electron chi connectivity index (χ2n) is 3.20. The Morgan fingerprint density at radius 2 is 2.29 bits per heavy atom. The molecule has 0 aliphatic carbocycles. The van der Waals surface area contributed by atoms with Gasteiger partial charge in [-0.05, 0) is 18.4 Å². The molecule has 0 fully saturated rings. The predicted octanol–water partition coefficient (Wildman–Crippen LogP) is 1.24. The first kappa shape index (κ1) is 12.2. The van der Waals surface area contributed by atoms with Crippen LogP contribution >= 0.6 is 11.3 Å². The van der Waals surface area contributed by atoms with Gasteiger partial charge in [0.25, 0.3) is 5.89 Å². The van der Waals surface area contributed by atoms with E-state index < -0.39 is 10.0 Å². The number of rotatable bonds is 5. The number of hydrogen-bond acceptors (Lipinski definition) is 6. The highest BCUT2D eigenvalue weighted by Gasteiger charge is 2.12. The second-order valence-corrected chi connectivity index (χ2v) is 6.25. The molecule has 0 unspecified atom stereocenters. The second kappa shape index (κ2) is 4.94. The lowest BCUT2D eigenvalue weighted by atomic mass is 10.5. The fourth-order valence-corrected chi connectivity index (χ4v) is 2.29. The summed E-state index contributed by atoms with van der Waals surface area (Å²) in [5.41, 5.74) is 0. The highest BCUT2D eigenvalue weighted by Crippen LogP contribution is 2.22. The van der Waals surface area contributed by atoms with Gasteiger partial charge in [-0.15, -0.1) is 21.5 Å². The van der Waals surface area contributed by atoms with Crippen LogP contribution in [-0.2, 0) is 16.6 Å². The first-order valence-corrected chi connectivity index (χ1v) is 7.47. The molecule has 0 spiro atoms. The van der Waals surface area contributed by atoms with E-state index in [9.17, 15) is 8.42 Å². The fourth-order valence-electron chi connectivity index (χ4n) is 1.10.